The summed E-state index contributed by atoms with van der Waals surface area (Å²) < 4.78 is 0. The number of nitrogens with zero attached hydrogens (tertiary/aromatic N) is 5. The third kappa shape index (κ3) is 6.10. The summed E-state index contributed by atoms with van der Waals surface area (Å²) in [7, 11) is 0. The van der Waals surface area contributed by atoms with Gasteiger partial charge in [-0.1, -0.05) is 19.8 Å². The number of hydrogen-bond donors (Lipinski definition) is 2. The van der Waals surface area contributed by atoms with E-state index in [0.717, 1.165) is 63.6 Å². The molecule has 0 aromatic carbocycles. The van der Waals surface area contributed by atoms with Gasteiger partial charge >= 0.3 is 0 Å². The van der Waals surface area contributed by atoms with Gasteiger partial charge in [0.2, 0.25) is 0 Å². The van der Waals surface area contributed by atoms with Gasteiger partial charge < -0.3 is 20.4 Å². The van der Waals surface area contributed by atoms with Crippen LogP contribution in [-0.2, 0) is 6.54 Å². The number of guanidine groups is 1. The lowest BCUT2D eigenvalue weighted by molar-refractivity contribution is 0.242. The lowest BCUT2D eigenvalue weighted by Gasteiger charge is -2.34. The molecule has 3 heterocycles. The zero-order valence-corrected chi connectivity index (χ0v) is 19.5. The average Bonchev–Trinajstić information content (AvgIpc) is 3.50. The van der Waals surface area contributed by atoms with Crippen LogP contribution in [0.25, 0.3) is 0 Å². The smallest absolute Gasteiger partial charge is 0.191 e. The summed E-state index contributed by atoms with van der Waals surface area (Å²) in [5, 5.41) is 7.14. The Morgan fingerprint density at radius 2 is 1.90 bits per heavy atom. The summed E-state index contributed by atoms with van der Waals surface area (Å²) in [6, 6.07) is 5.63. The minimum atomic E-state index is 0.501. The molecule has 0 amide bonds. The van der Waals surface area contributed by atoms with E-state index in [1.165, 1.54) is 44.2 Å². The van der Waals surface area contributed by atoms with Crippen molar-refractivity contribution in [2.45, 2.75) is 64.6 Å². The van der Waals surface area contributed by atoms with Crippen molar-refractivity contribution in [2.24, 2.45) is 4.99 Å². The van der Waals surface area contributed by atoms with E-state index in [9.17, 15) is 0 Å². The number of aliphatic imine (C=N–C) groups is 1. The van der Waals surface area contributed by atoms with Crippen LogP contribution < -0.4 is 15.5 Å². The summed E-state index contributed by atoms with van der Waals surface area (Å²) in [5.41, 5.74) is 1.22. The molecule has 1 saturated carbocycles. The van der Waals surface area contributed by atoms with E-state index in [1.54, 1.807) is 0 Å². The van der Waals surface area contributed by atoms with Gasteiger partial charge in [-0.15, -0.1) is 0 Å². The van der Waals surface area contributed by atoms with Gasteiger partial charge in [-0.25, -0.2) is 9.98 Å². The van der Waals surface area contributed by atoms with Gasteiger partial charge in [0.1, 0.15) is 5.82 Å². The Labute approximate surface area is 188 Å². The van der Waals surface area contributed by atoms with Crippen LogP contribution in [0.2, 0.25) is 0 Å². The summed E-state index contributed by atoms with van der Waals surface area (Å²) in [5.74, 6) is 2.03. The van der Waals surface area contributed by atoms with Crippen LogP contribution in [-0.4, -0.2) is 85.2 Å². The van der Waals surface area contributed by atoms with Crippen LogP contribution in [0.15, 0.2) is 23.3 Å². The van der Waals surface area contributed by atoms with Crippen LogP contribution in [0.4, 0.5) is 5.82 Å². The van der Waals surface area contributed by atoms with Crippen LogP contribution in [0.5, 0.6) is 0 Å². The zero-order chi connectivity index (χ0) is 21.5. The van der Waals surface area contributed by atoms with Crippen molar-refractivity contribution in [3.63, 3.8) is 0 Å². The molecule has 1 aromatic heterocycles. The van der Waals surface area contributed by atoms with Crippen molar-refractivity contribution in [3.05, 3.63) is 23.9 Å². The maximum absolute atomic E-state index is 4.90. The molecule has 3 aliphatic rings. The molecular formula is C24H41N7. The third-order valence-corrected chi connectivity index (χ3v) is 7.12. The Balaban J connectivity index is 1.32. The number of nitrogens with one attached hydrogen (secondary N) is 2. The lowest BCUT2D eigenvalue weighted by atomic mass is 10.2. The number of rotatable bonds is 7. The van der Waals surface area contributed by atoms with Crippen LogP contribution in [0.1, 0.15) is 51.5 Å². The largest absolute Gasteiger partial charge is 0.357 e. The Morgan fingerprint density at radius 1 is 1.10 bits per heavy atom. The summed E-state index contributed by atoms with van der Waals surface area (Å²) in [4.78, 5) is 17.1. The quantitative estimate of drug-likeness (QED) is 0.514. The van der Waals surface area contributed by atoms with Crippen molar-refractivity contribution in [2.75, 3.05) is 57.3 Å². The predicted octanol–water partition coefficient (Wildman–Crippen LogP) is 2.30. The molecule has 7 nitrogen and oxygen atoms in total. The van der Waals surface area contributed by atoms with E-state index in [4.69, 9.17) is 4.99 Å². The lowest BCUT2D eigenvalue weighted by Crippen LogP contribution is -2.46. The highest BCUT2D eigenvalue weighted by atomic mass is 15.3. The van der Waals surface area contributed by atoms with Gasteiger partial charge in [0.25, 0.3) is 0 Å². The molecule has 2 aliphatic heterocycles. The monoisotopic (exact) mass is 427 g/mol. The molecule has 1 aliphatic carbocycles. The average molecular weight is 428 g/mol. The Morgan fingerprint density at radius 3 is 2.65 bits per heavy atom. The maximum Gasteiger partial charge on any atom is 0.191 e. The van der Waals surface area contributed by atoms with E-state index in [2.05, 4.69) is 56.3 Å². The van der Waals surface area contributed by atoms with Gasteiger partial charge in [0.05, 0.1) is 6.54 Å². The molecule has 0 spiro atoms. The molecule has 4 rings (SSSR count). The van der Waals surface area contributed by atoms with Crippen molar-refractivity contribution in [1.29, 1.82) is 0 Å². The number of piperazine rings is 1. The first kappa shape index (κ1) is 22.3. The van der Waals surface area contributed by atoms with E-state index in [-0.39, 0.29) is 0 Å². The van der Waals surface area contributed by atoms with Gasteiger partial charge in [-0.2, -0.15) is 0 Å². The molecule has 0 radical (unpaired) electrons. The van der Waals surface area contributed by atoms with Crippen molar-refractivity contribution in [1.82, 2.24) is 25.4 Å². The van der Waals surface area contributed by atoms with E-state index in [0.29, 0.717) is 12.6 Å². The molecule has 1 atom stereocenters. The molecule has 3 fully saturated rings. The van der Waals surface area contributed by atoms with Gasteiger partial charge in [0.15, 0.2) is 5.96 Å². The number of hydrogen-bond acceptors (Lipinski definition) is 5. The van der Waals surface area contributed by atoms with Gasteiger partial charge in [-0.05, 0) is 50.4 Å². The number of anilines is 1. The number of likely N-dealkylation sites (tertiary alicyclic amines) is 1. The Kier molecular flexibility index (Phi) is 8.03. The summed E-state index contributed by atoms with van der Waals surface area (Å²) >= 11 is 0. The van der Waals surface area contributed by atoms with Crippen molar-refractivity contribution in [3.8, 4) is 0 Å². The van der Waals surface area contributed by atoms with Crippen LogP contribution in [0.3, 0.4) is 0 Å². The van der Waals surface area contributed by atoms with Crippen molar-refractivity contribution >= 4 is 11.8 Å². The fourth-order valence-electron chi connectivity index (χ4n) is 5.21. The molecule has 2 N–H and O–H groups in total. The molecule has 0 bridgehead atoms. The maximum atomic E-state index is 4.90. The van der Waals surface area contributed by atoms with Gasteiger partial charge in [0, 0.05) is 64.1 Å². The molecule has 172 valence electrons. The SMILES string of the molecule is CCNC(=NCc1ccnc(N2CCN(CC)CC2)c1)NC1CCN(C2CCCC2)C1. The molecule has 1 aromatic rings. The molecule has 1 unspecified atom stereocenters. The number of aromatic nitrogens is 1. The Hall–Kier alpha value is -1.86. The third-order valence-electron chi connectivity index (χ3n) is 7.12. The summed E-state index contributed by atoms with van der Waals surface area (Å²) in [6.45, 7) is 13.8. The first-order valence-electron chi connectivity index (χ1n) is 12.5. The normalized spacial score (nSPS) is 24.1. The molecule has 7 heteroatoms. The topological polar surface area (TPSA) is 59.0 Å². The first-order chi connectivity index (χ1) is 15.2. The fourth-order valence-corrected chi connectivity index (χ4v) is 5.21. The number of likely N-dealkylation sites (N-methyl/N-ethyl adjacent to an activating group) is 1. The predicted molar refractivity (Wildman–Crippen MR) is 129 cm³/mol. The zero-order valence-electron chi connectivity index (χ0n) is 19.5. The second-order valence-corrected chi connectivity index (χ2v) is 9.20. The van der Waals surface area contributed by atoms with E-state index in [1.807, 2.05) is 6.20 Å². The highest BCUT2D eigenvalue weighted by Gasteiger charge is 2.30. The Bertz CT molecular complexity index is 708. The second kappa shape index (κ2) is 11.1. The molecule has 31 heavy (non-hydrogen) atoms. The minimum Gasteiger partial charge on any atom is -0.357 e. The minimum absolute atomic E-state index is 0.501. The second-order valence-electron chi connectivity index (χ2n) is 9.20. The standard InChI is InChI=1S/C24H41N7/c1-3-25-24(28-21-10-12-31(19-21)22-7-5-6-8-22)27-18-20-9-11-26-23(17-20)30-15-13-29(4-2)14-16-30/h9,11,17,21-22H,3-8,10,12-16,18-19H2,1-2H3,(H2,25,27,28). The molecular weight excluding hydrogens is 386 g/mol. The van der Waals surface area contributed by atoms with E-state index >= 15 is 0 Å². The molecule has 2 saturated heterocycles. The van der Waals surface area contributed by atoms with Crippen molar-refractivity contribution < 1.29 is 0 Å². The summed E-state index contributed by atoms with van der Waals surface area (Å²) in [6.07, 6.45) is 8.74. The first-order valence-corrected chi connectivity index (χ1v) is 12.5. The van der Waals surface area contributed by atoms with Crippen LogP contribution in [0, 0.1) is 0 Å². The highest BCUT2D eigenvalue weighted by molar-refractivity contribution is 5.80. The van der Waals surface area contributed by atoms with Gasteiger partial charge in [-0.3, -0.25) is 4.90 Å². The number of pyridine rings is 1. The van der Waals surface area contributed by atoms with Crippen LogP contribution >= 0.6 is 0 Å². The van der Waals surface area contributed by atoms with E-state index < -0.39 is 0 Å². The highest BCUT2D eigenvalue weighted by Crippen LogP contribution is 2.26. The fraction of sp³-hybridized carbons (Fsp3) is 0.750.